The third-order valence-corrected chi connectivity index (χ3v) is 4.80. The summed E-state index contributed by atoms with van der Waals surface area (Å²) < 4.78 is 26.4. The van der Waals surface area contributed by atoms with Gasteiger partial charge in [-0.15, -0.1) is 0 Å². The predicted molar refractivity (Wildman–Crippen MR) is 73.8 cm³/mol. The van der Waals surface area contributed by atoms with Crippen LogP contribution >= 0.6 is 11.6 Å². The lowest BCUT2D eigenvalue weighted by Gasteiger charge is -2.40. The number of rotatable bonds is 3. The van der Waals surface area contributed by atoms with E-state index in [2.05, 4.69) is 10.3 Å². The standard InChI is InChI=1S/C14H14ClF2N3O/c15-10-4-18-11(19-8-1-2-8)3-9(10)12(21)20-6-13(7-20)5-14(13,16)17/h3-4,8H,1-2,5-7H2,(H,18,19). The maximum absolute atomic E-state index is 13.2. The molecule has 21 heavy (non-hydrogen) atoms. The first-order valence-corrected chi connectivity index (χ1v) is 7.37. The minimum atomic E-state index is -2.61. The van der Waals surface area contributed by atoms with Crippen LogP contribution in [0.15, 0.2) is 12.3 Å². The van der Waals surface area contributed by atoms with E-state index >= 15 is 0 Å². The Labute approximate surface area is 125 Å². The minimum Gasteiger partial charge on any atom is -0.367 e. The largest absolute Gasteiger partial charge is 0.367 e. The third kappa shape index (κ3) is 2.08. The Kier molecular flexibility index (Phi) is 2.56. The molecular formula is C14H14ClF2N3O. The minimum absolute atomic E-state index is 0.109. The third-order valence-electron chi connectivity index (χ3n) is 4.50. The van der Waals surface area contributed by atoms with E-state index in [4.69, 9.17) is 11.6 Å². The van der Waals surface area contributed by atoms with Crippen LogP contribution in [0.2, 0.25) is 5.02 Å². The first-order chi connectivity index (χ1) is 9.90. The predicted octanol–water partition coefficient (Wildman–Crippen LogP) is 2.79. The Morgan fingerprint density at radius 3 is 2.67 bits per heavy atom. The molecule has 0 atom stereocenters. The highest BCUT2D eigenvalue weighted by Crippen LogP contribution is 2.65. The molecule has 0 unspecified atom stereocenters. The number of nitrogens with zero attached hydrogens (tertiary/aromatic N) is 2. The molecule has 2 heterocycles. The molecule has 0 radical (unpaired) electrons. The first kappa shape index (κ1) is 13.2. The van der Waals surface area contributed by atoms with E-state index in [1.807, 2.05) is 0 Å². The van der Waals surface area contributed by atoms with Crippen molar-refractivity contribution in [2.24, 2.45) is 5.41 Å². The summed E-state index contributed by atoms with van der Waals surface area (Å²) in [6.07, 6.45) is 3.51. The number of hydrogen-bond donors (Lipinski definition) is 1. The number of carbonyl (C=O) groups is 1. The van der Waals surface area contributed by atoms with Crippen LogP contribution in [0.3, 0.4) is 0 Å². The SMILES string of the molecule is O=C(c1cc(NC2CC2)ncc1Cl)N1CC2(C1)CC2(F)F. The zero-order valence-electron chi connectivity index (χ0n) is 11.2. The highest BCUT2D eigenvalue weighted by Gasteiger charge is 2.76. The zero-order chi connectivity index (χ0) is 14.8. The number of alkyl halides is 2. The summed E-state index contributed by atoms with van der Waals surface area (Å²) in [5.74, 6) is -2.29. The van der Waals surface area contributed by atoms with E-state index in [1.165, 1.54) is 11.1 Å². The quantitative estimate of drug-likeness (QED) is 0.933. The summed E-state index contributed by atoms with van der Waals surface area (Å²) in [6, 6.07) is 2.03. The fraction of sp³-hybridized carbons (Fsp3) is 0.571. The topological polar surface area (TPSA) is 45.2 Å². The van der Waals surface area contributed by atoms with Gasteiger partial charge >= 0.3 is 0 Å². The molecule has 7 heteroatoms. The highest BCUT2D eigenvalue weighted by molar-refractivity contribution is 6.33. The summed E-state index contributed by atoms with van der Waals surface area (Å²) >= 11 is 6.03. The van der Waals surface area contributed by atoms with Crippen molar-refractivity contribution in [3.8, 4) is 0 Å². The summed E-state index contributed by atoms with van der Waals surface area (Å²) in [4.78, 5) is 17.9. The second kappa shape index (κ2) is 4.06. The lowest BCUT2D eigenvalue weighted by Crippen LogP contribution is -2.54. The second-order valence-corrected chi connectivity index (χ2v) is 6.70. The molecule has 112 valence electrons. The molecule has 0 bridgehead atoms. The average molecular weight is 314 g/mol. The van der Waals surface area contributed by atoms with Gasteiger partial charge in [-0.25, -0.2) is 13.8 Å². The number of amides is 1. The van der Waals surface area contributed by atoms with Crippen molar-refractivity contribution in [2.75, 3.05) is 18.4 Å². The molecule has 2 aliphatic carbocycles. The Bertz CT molecular complexity index is 627. The van der Waals surface area contributed by atoms with Gasteiger partial charge in [-0.3, -0.25) is 4.79 Å². The van der Waals surface area contributed by atoms with E-state index in [0.29, 0.717) is 17.4 Å². The number of carbonyl (C=O) groups excluding carboxylic acids is 1. The Balaban J connectivity index is 1.49. The van der Waals surface area contributed by atoms with Crippen LogP contribution in [0.4, 0.5) is 14.6 Å². The number of pyridine rings is 1. The van der Waals surface area contributed by atoms with Crippen LogP contribution < -0.4 is 5.32 Å². The maximum atomic E-state index is 13.2. The molecule has 2 saturated carbocycles. The normalized spacial score (nSPS) is 24.6. The van der Waals surface area contributed by atoms with Crippen LogP contribution in [-0.4, -0.2) is 40.8 Å². The Morgan fingerprint density at radius 2 is 2.10 bits per heavy atom. The molecule has 1 aliphatic heterocycles. The lowest BCUT2D eigenvalue weighted by molar-refractivity contribution is -0.0152. The van der Waals surface area contributed by atoms with Gasteiger partial charge in [-0.1, -0.05) is 11.6 Å². The van der Waals surface area contributed by atoms with Gasteiger partial charge in [0.05, 0.1) is 16.0 Å². The molecule has 1 amide bonds. The number of halogens is 3. The van der Waals surface area contributed by atoms with Crippen molar-refractivity contribution in [3.05, 3.63) is 22.8 Å². The molecule has 1 N–H and O–H groups in total. The van der Waals surface area contributed by atoms with Crippen molar-refractivity contribution < 1.29 is 13.6 Å². The summed E-state index contributed by atoms with van der Waals surface area (Å²) in [7, 11) is 0. The number of aromatic nitrogens is 1. The number of hydrogen-bond acceptors (Lipinski definition) is 3. The number of likely N-dealkylation sites (tertiary alicyclic amines) is 1. The fourth-order valence-corrected chi connectivity index (χ4v) is 3.02. The van der Waals surface area contributed by atoms with E-state index in [-0.39, 0.29) is 30.4 Å². The zero-order valence-corrected chi connectivity index (χ0v) is 12.0. The van der Waals surface area contributed by atoms with E-state index in [9.17, 15) is 13.6 Å². The van der Waals surface area contributed by atoms with Gasteiger partial charge < -0.3 is 10.2 Å². The van der Waals surface area contributed by atoms with Crippen LogP contribution in [0, 0.1) is 5.41 Å². The molecule has 1 aromatic rings. The molecule has 1 aromatic heterocycles. The van der Waals surface area contributed by atoms with Crippen molar-refractivity contribution >= 4 is 23.3 Å². The summed E-state index contributed by atoms with van der Waals surface area (Å²) in [6.45, 7) is 0.228. The molecule has 3 fully saturated rings. The fourth-order valence-electron chi connectivity index (χ4n) is 2.84. The number of nitrogens with one attached hydrogen (secondary N) is 1. The monoisotopic (exact) mass is 313 g/mol. The average Bonchev–Trinajstić information content (AvgIpc) is 3.26. The van der Waals surface area contributed by atoms with Crippen molar-refractivity contribution in [2.45, 2.75) is 31.2 Å². The van der Waals surface area contributed by atoms with Gasteiger partial charge in [0.1, 0.15) is 5.82 Å². The van der Waals surface area contributed by atoms with Gasteiger partial charge in [0.15, 0.2) is 0 Å². The van der Waals surface area contributed by atoms with Gasteiger partial charge in [-0.2, -0.15) is 0 Å². The highest BCUT2D eigenvalue weighted by atomic mass is 35.5. The molecular weight excluding hydrogens is 300 g/mol. The second-order valence-electron chi connectivity index (χ2n) is 6.29. The molecule has 1 saturated heterocycles. The van der Waals surface area contributed by atoms with Crippen LogP contribution in [-0.2, 0) is 0 Å². The molecule has 4 rings (SSSR count). The Morgan fingerprint density at radius 1 is 1.43 bits per heavy atom. The van der Waals surface area contributed by atoms with Crippen molar-refractivity contribution in [1.29, 1.82) is 0 Å². The van der Waals surface area contributed by atoms with E-state index in [0.717, 1.165) is 12.8 Å². The van der Waals surface area contributed by atoms with Gasteiger partial charge in [0.2, 0.25) is 0 Å². The van der Waals surface area contributed by atoms with E-state index in [1.54, 1.807) is 6.07 Å². The Hall–Kier alpha value is -1.43. The van der Waals surface area contributed by atoms with Gasteiger partial charge in [-0.05, 0) is 18.9 Å². The van der Waals surface area contributed by atoms with E-state index < -0.39 is 11.3 Å². The van der Waals surface area contributed by atoms with Crippen LogP contribution in [0.25, 0.3) is 0 Å². The van der Waals surface area contributed by atoms with Crippen molar-refractivity contribution in [1.82, 2.24) is 9.88 Å². The number of anilines is 1. The van der Waals surface area contributed by atoms with Crippen LogP contribution in [0.1, 0.15) is 29.6 Å². The van der Waals surface area contributed by atoms with Gasteiger partial charge in [0, 0.05) is 31.7 Å². The molecule has 3 aliphatic rings. The lowest BCUT2D eigenvalue weighted by atomic mass is 9.95. The summed E-state index contributed by atoms with van der Waals surface area (Å²) in [5, 5.41) is 3.45. The molecule has 4 nitrogen and oxygen atoms in total. The molecule has 0 aromatic carbocycles. The first-order valence-electron chi connectivity index (χ1n) is 6.99. The summed E-state index contributed by atoms with van der Waals surface area (Å²) in [5.41, 5.74) is -0.634. The smallest absolute Gasteiger partial charge is 0.258 e. The van der Waals surface area contributed by atoms with Crippen LogP contribution in [0.5, 0.6) is 0 Å². The maximum Gasteiger partial charge on any atom is 0.258 e. The van der Waals surface area contributed by atoms with Crippen molar-refractivity contribution in [3.63, 3.8) is 0 Å². The molecule has 1 spiro atoms. The van der Waals surface area contributed by atoms with Gasteiger partial charge in [0.25, 0.3) is 11.8 Å².